The van der Waals surface area contributed by atoms with Crippen LogP contribution in [0.25, 0.3) is 11.0 Å². The number of rotatable bonds is 6. The summed E-state index contributed by atoms with van der Waals surface area (Å²) < 4.78 is 7.54. The van der Waals surface area contributed by atoms with E-state index in [1.165, 1.54) is 16.9 Å². The van der Waals surface area contributed by atoms with Crippen LogP contribution in [0.3, 0.4) is 0 Å². The number of fused-ring (bicyclic) bond motifs is 1. The number of aromatic nitrogens is 5. The van der Waals surface area contributed by atoms with Crippen molar-refractivity contribution in [3.63, 3.8) is 0 Å². The number of thiazole rings is 1. The number of ether oxygens (including phenoxy) is 1. The Morgan fingerprint density at radius 2 is 1.91 bits per heavy atom. The van der Waals surface area contributed by atoms with Crippen LogP contribution in [0.2, 0.25) is 0 Å². The first kappa shape index (κ1) is 21.3. The number of benzene rings is 1. The van der Waals surface area contributed by atoms with E-state index in [0.717, 1.165) is 46.4 Å². The highest BCUT2D eigenvalue weighted by Gasteiger charge is 2.24. The van der Waals surface area contributed by atoms with Crippen LogP contribution >= 0.6 is 11.3 Å². The fourth-order valence-corrected chi connectivity index (χ4v) is 4.62. The molecule has 0 spiro atoms. The lowest BCUT2D eigenvalue weighted by molar-refractivity contribution is -0.130. The van der Waals surface area contributed by atoms with Gasteiger partial charge in [0.05, 0.1) is 23.7 Å². The summed E-state index contributed by atoms with van der Waals surface area (Å²) in [4.78, 5) is 30.3. The van der Waals surface area contributed by atoms with Gasteiger partial charge >= 0.3 is 0 Å². The molecule has 1 fully saturated rings. The minimum Gasteiger partial charge on any atom is -0.486 e. The number of nitrogens with zero attached hydrogens (tertiary/aromatic N) is 7. The van der Waals surface area contributed by atoms with Crippen LogP contribution in [0.4, 0.5) is 5.82 Å². The van der Waals surface area contributed by atoms with Crippen molar-refractivity contribution in [3.8, 4) is 5.75 Å². The van der Waals surface area contributed by atoms with Gasteiger partial charge in [0, 0.05) is 38.6 Å². The zero-order valence-electron chi connectivity index (χ0n) is 18.6. The van der Waals surface area contributed by atoms with Crippen molar-refractivity contribution in [1.82, 2.24) is 29.6 Å². The summed E-state index contributed by atoms with van der Waals surface area (Å²) >= 11 is 1.52. The van der Waals surface area contributed by atoms with E-state index in [9.17, 15) is 4.79 Å². The van der Waals surface area contributed by atoms with Crippen LogP contribution in [-0.2, 0) is 24.9 Å². The van der Waals surface area contributed by atoms with E-state index in [-0.39, 0.29) is 5.91 Å². The summed E-state index contributed by atoms with van der Waals surface area (Å²) in [7, 11) is 1.87. The number of carbonyl (C=O) groups is 1. The summed E-state index contributed by atoms with van der Waals surface area (Å²) in [5, 5.41) is 8.03. The molecule has 0 saturated carbocycles. The second-order valence-electron chi connectivity index (χ2n) is 8.08. The van der Waals surface area contributed by atoms with Gasteiger partial charge in [-0.1, -0.05) is 17.7 Å². The summed E-state index contributed by atoms with van der Waals surface area (Å²) in [6, 6.07) is 7.94. The van der Waals surface area contributed by atoms with Crippen molar-refractivity contribution in [3.05, 3.63) is 58.4 Å². The monoisotopic (exact) mass is 463 g/mol. The van der Waals surface area contributed by atoms with Crippen LogP contribution in [0, 0.1) is 6.92 Å². The van der Waals surface area contributed by atoms with Crippen LogP contribution < -0.4 is 9.64 Å². The molecule has 3 aromatic heterocycles. The van der Waals surface area contributed by atoms with E-state index in [2.05, 4.69) is 25.0 Å². The maximum atomic E-state index is 12.8. The van der Waals surface area contributed by atoms with E-state index < -0.39 is 0 Å². The fourth-order valence-electron chi connectivity index (χ4n) is 3.91. The predicted molar refractivity (Wildman–Crippen MR) is 126 cm³/mol. The van der Waals surface area contributed by atoms with Crippen molar-refractivity contribution >= 4 is 34.1 Å². The van der Waals surface area contributed by atoms with Crippen molar-refractivity contribution in [2.75, 3.05) is 31.1 Å². The Hall–Kier alpha value is -3.53. The van der Waals surface area contributed by atoms with E-state index in [0.29, 0.717) is 26.1 Å². The Labute approximate surface area is 195 Å². The third-order valence-corrected chi connectivity index (χ3v) is 6.63. The smallest absolute Gasteiger partial charge is 0.228 e. The molecule has 0 N–H and O–H groups in total. The van der Waals surface area contributed by atoms with E-state index in [1.54, 1.807) is 17.2 Å². The molecular weight excluding hydrogens is 438 g/mol. The van der Waals surface area contributed by atoms with Gasteiger partial charge in [-0.3, -0.25) is 9.48 Å². The largest absolute Gasteiger partial charge is 0.486 e. The van der Waals surface area contributed by atoms with Crippen molar-refractivity contribution in [2.45, 2.75) is 20.0 Å². The van der Waals surface area contributed by atoms with Gasteiger partial charge in [0.1, 0.15) is 29.5 Å². The minimum absolute atomic E-state index is 0.0974. The summed E-state index contributed by atoms with van der Waals surface area (Å²) in [5.74, 6) is 1.79. The van der Waals surface area contributed by atoms with Gasteiger partial charge in [0.2, 0.25) is 5.91 Å². The Kier molecular flexibility index (Phi) is 5.91. The van der Waals surface area contributed by atoms with Crippen LogP contribution in [-0.4, -0.2) is 61.7 Å². The lowest BCUT2D eigenvalue weighted by Crippen LogP contribution is -2.49. The molecule has 0 atom stereocenters. The standard InChI is InChI=1S/C23H25N7O2S/c1-16-3-5-18(6-4-16)32-13-20-27-17(14-33-20)11-21(31)29-7-9-30(10-8-29)23-19-12-26-28(2)22(19)24-15-25-23/h3-6,12,14-15H,7-11,13H2,1-2H3. The molecule has 1 aliphatic rings. The second kappa shape index (κ2) is 9.14. The molecule has 10 heteroatoms. The predicted octanol–water partition coefficient (Wildman–Crippen LogP) is 2.60. The molecule has 1 aromatic carbocycles. The molecule has 5 rings (SSSR count). The van der Waals surface area contributed by atoms with Gasteiger partial charge in [-0.05, 0) is 19.1 Å². The van der Waals surface area contributed by atoms with Crippen molar-refractivity contribution in [2.24, 2.45) is 7.05 Å². The maximum absolute atomic E-state index is 12.8. The molecule has 0 unspecified atom stereocenters. The summed E-state index contributed by atoms with van der Waals surface area (Å²) in [5.41, 5.74) is 2.80. The van der Waals surface area contributed by atoms with Gasteiger partial charge < -0.3 is 14.5 Å². The lowest BCUT2D eigenvalue weighted by atomic mass is 10.2. The van der Waals surface area contributed by atoms with Crippen molar-refractivity contribution < 1.29 is 9.53 Å². The second-order valence-corrected chi connectivity index (χ2v) is 9.02. The lowest BCUT2D eigenvalue weighted by Gasteiger charge is -2.35. The minimum atomic E-state index is 0.0974. The highest BCUT2D eigenvalue weighted by molar-refractivity contribution is 7.09. The van der Waals surface area contributed by atoms with Gasteiger partial charge in [-0.25, -0.2) is 15.0 Å². The average molecular weight is 464 g/mol. The Balaban J connectivity index is 1.14. The highest BCUT2D eigenvalue weighted by Crippen LogP contribution is 2.23. The Morgan fingerprint density at radius 3 is 2.70 bits per heavy atom. The number of anilines is 1. The molecule has 1 aliphatic heterocycles. The zero-order valence-corrected chi connectivity index (χ0v) is 19.5. The van der Waals surface area contributed by atoms with E-state index in [1.807, 2.05) is 48.5 Å². The molecule has 170 valence electrons. The van der Waals surface area contributed by atoms with Crippen LogP contribution in [0.5, 0.6) is 5.75 Å². The molecule has 33 heavy (non-hydrogen) atoms. The molecular formula is C23H25N7O2S. The molecule has 0 bridgehead atoms. The van der Waals surface area contributed by atoms with Crippen molar-refractivity contribution in [1.29, 1.82) is 0 Å². The SMILES string of the molecule is Cc1ccc(OCc2nc(CC(=O)N3CCN(c4ncnc5c4cnn5C)CC3)cs2)cc1. The third kappa shape index (κ3) is 4.65. The topological polar surface area (TPSA) is 89.3 Å². The summed E-state index contributed by atoms with van der Waals surface area (Å²) in [6.07, 6.45) is 3.67. The molecule has 4 heterocycles. The number of piperazine rings is 1. The number of carbonyl (C=O) groups excluding carboxylic acids is 1. The van der Waals surface area contributed by atoms with Gasteiger partial charge in [0.15, 0.2) is 5.65 Å². The Morgan fingerprint density at radius 1 is 1.12 bits per heavy atom. The first-order valence-electron chi connectivity index (χ1n) is 10.8. The number of aryl methyl sites for hydroxylation is 2. The molecule has 0 radical (unpaired) electrons. The molecule has 4 aromatic rings. The van der Waals surface area contributed by atoms with E-state index in [4.69, 9.17) is 4.74 Å². The summed E-state index contributed by atoms with van der Waals surface area (Å²) in [6.45, 7) is 5.20. The first-order valence-corrected chi connectivity index (χ1v) is 11.7. The van der Waals surface area contributed by atoms with Gasteiger partial charge in [-0.15, -0.1) is 11.3 Å². The number of amides is 1. The number of hydrogen-bond donors (Lipinski definition) is 0. The zero-order chi connectivity index (χ0) is 22.8. The highest BCUT2D eigenvalue weighted by atomic mass is 32.1. The quantitative estimate of drug-likeness (QED) is 0.434. The van der Waals surface area contributed by atoms with E-state index >= 15 is 0 Å². The first-order chi connectivity index (χ1) is 16.1. The van der Waals surface area contributed by atoms with Crippen LogP contribution in [0.15, 0.2) is 42.2 Å². The maximum Gasteiger partial charge on any atom is 0.228 e. The third-order valence-electron chi connectivity index (χ3n) is 5.76. The van der Waals surface area contributed by atoms with Crippen LogP contribution in [0.1, 0.15) is 16.3 Å². The molecule has 9 nitrogen and oxygen atoms in total. The number of hydrogen-bond acceptors (Lipinski definition) is 8. The molecule has 0 aliphatic carbocycles. The average Bonchev–Trinajstić information content (AvgIpc) is 3.45. The molecule has 1 amide bonds. The normalized spacial score (nSPS) is 14.1. The van der Waals surface area contributed by atoms with Gasteiger partial charge in [0.25, 0.3) is 0 Å². The molecule has 1 saturated heterocycles. The van der Waals surface area contributed by atoms with Gasteiger partial charge in [-0.2, -0.15) is 5.10 Å². The fraction of sp³-hybridized carbons (Fsp3) is 0.348. The Bertz CT molecular complexity index is 1260.